The highest BCUT2D eigenvalue weighted by atomic mass is 79.9. The fourth-order valence-electron chi connectivity index (χ4n) is 2.38. The van der Waals surface area contributed by atoms with Crippen LogP contribution < -0.4 is 5.32 Å². The molecule has 0 aliphatic carbocycles. The maximum absolute atomic E-state index is 13.7. The summed E-state index contributed by atoms with van der Waals surface area (Å²) in [6, 6.07) is 10.3. The average molecular weight is 442 g/mol. The zero-order chi connectivity index (χ0) is 19.6. The van der Waals surface area contributed by atoms with Gasteiger partial charge < -0.3 is 5.32 Å². The van der Waals surface area contributed by atoms with Gasteiger partial charge in [-0.15, -0.1) is 0 Å². The minimum absolute atomic E-state index is 0.119. The number of aromatic nitrogens is 2. The smallest absolute Gasteiger partial charge is 0.304 e. The maximum atomic E-state index is 13.7. The number of nitrogens with one attached hydrogen (secondary N) is 1. The first-order chi connectivity index (χ1) is 12.7. The largest absolute Gasteiger partial charge is 0.416 e. The minimum atomic E-state index is -4.54. The van der Waals surface area contributed by atoms with Crippen LogP contribution in [0, 0.1) is 5.82 Å². The van der Waals surface area contributed by atoms with Crippen LogP contribution in [0.5, 0.6) is 0 Å². The lowest BCUT2D eigenvalue weighted by Gasteiger charge is -2.08. The van der Waals surface area contributed by atoms with E-state index in [0.29, 0.717) is 10.0 Å². The van der Waals surface area contributed by atoms with E-state index in [0.717, 1.165) is 18.2 Å². The van der Waals surface area contributed by atoms with E-state index in [9.17, 15) is 22.4 Å². The molecule has 27 heavy (non-hydrogen) atoms. The summed E-state index contributed by atoms with van der Waals surface area (Å²) in [4.78, 5) is 12.3. The molecule has 0 aliphatic heterocycles. The number of halogens is 5. The molecule has 3 rings (SSSR count). The summed E-state index contributed by atoms with van der Waals surface area (Å²) in [5.41, 5.74) is -0.664. The van der Waals surface area contributed by atoms with Crippen molar-refractivity contribution in [3.8, 4) is 0 Å². The normalized spacial score (nSPS) is 11.4. The monoisotopic (exact) mass is 441 g/mol. The second-order valence-corrected chi connectivity index (χ2v) is 6.50. The third kappa shape index (κ3) is 4.54. The van der Waals surface area contributed by atoms with Crippen molar-refractivity contribution in [3.63, 3.8) is 0 Å². The summed E-state index contributed by atoms with van der Waals surface area (Å²) in [5, 5.41) is 6.58. The maximum Gasteiger partial charge on any atom is 0.416 e. The highest BCUT2D eigenvalue weighted by molar-refractivity contribution is 9.10. The molecule has 0 fully saturated rings. The zero-order valence-corrected chi connectivity index (χ0v) is 15.2. The van der Waals surface area contributed by atoms with Crippen LogP contribution in [-0.2, 0) is 12.7 Å². The molecule has 2 aromatic carbocycles. The molecule has 1 heterocycles. The molecule has 0 bridgehead atoms. The van der Waals surface area contributed by atoms with E-state index in [2.05, 4.69) is 26.3 Å². The molecule has 0 unspecified atom stereocenters. The first-order valence-corrected chi connectivity index (χ1v) is 8.48. The van der Waals surface area contributed by atoms with Crippen molar-refractivity contribution in [3.05, 3.63) is 81.7 Å². The zero-order valence-electron chi connectivity index (χ0n) is 13.6. The van der Waals surface area contributed by atoms with Gasteiger partial charge in [0.15, 0.2) is 5.82 Å². The molecule has 9 heteroatoms. The summed E-state index contributed by atoms with van der Waals surface area (Å²) in [6.45, 7) is 0.130. The first kappa shape index (κ1) is 19.1. The molecule has 4 nitrogen and oxygen atoms in total. The van der Waals surface area contributed by atoms with Crippen LogP contribution in [-0.4, -0.2) is 15.7 Å². The van der Waals surface area contributed by atoms with Crippen LogP contribution in [0.15, 0.2) is 59.2 Å². The van der Waals surface area contributed by atoms with Gasteiger partial charge in [-0.25, -0.2) is 4.39 Å². The number of amides is 1. The molecule has 0 saturated carbocycles. The second-order valence-electron chi connectivity index (χ2n) is 5.65. The lowest BCUT2D eigenvalue weighted by atomic mass is 10.1. The SMILES string of the molecule is O=C(Nc1nn(Cc2ccccc2F)cc1Br)c1cccc(C(F)(F)F)c1. The standard InChI is InChI=1S/C18H12BrF4N3O/c19-14-10-26(9-12-4-1-2-7-15(12)20)25-16(14)24-17(27)11-5-3-6-13(8-11)18(21,22)23/h1-8,10H,9H2,(H,24,25,27). The number of carbonyl (C=O) groups excluding carboxylic acids is 1. The Balaban J connectivity index is 1.77. The van der Waals surface area contributed by atoms with Crippen molar-refractivity contribution in [2.75, 3.05) is 5.32 Å². The molecule has 0 spiro atoms. The van der Waals surface area contributed by atoms with Crippen molar-refractivity contribution in [1.82, 2.24) is 9.78 Å². The highest BCUT2D eigenvalue weighted by Crippen LogP contribution is 2.30. The van der Waals surface area contributed by atoms with Gasteiger partial charge in [-0.2, -0.15) is 18.3 Å². The second kappa shape index (κ2) is 7.51. The van der Waals surface area contributed by atoms with E-state index in [1.54, 1.807) is 18.2 Å². The fraction of sp³-hybridized carbons (Fsp3) is 0.111. The van der Waals surface area contributed by atoms with Gasteiger partial charge in [0.2, 0.25) is 0 Å². The third-order valence-electron chi connectivity index (χ3n) is 3.69. The Hall–Kier alpha value is -2.68. The number of rotatable bonds is 4. The Morgan fingerprint density at radius 2 is 1.89 bits per heavy atom. The minimum Gasteiger partial charge on any atom is -0.304 e. The van der Waals surface area contributed by atoms with E-state index in [4.69, 9.17) is 0 Å². The van der Waals surface area contributed by atoms with Crippen molar-refractivity contribution < 1.29 is 22.4 Å². The highest BCUT2D eigenvalue weighted by Gasteiger charge is 2.31. The fourth-order valence-corrected chi connectivity index (χ4v) is 2.80. The first-order valence-electron chi connectivity index (χ1n) is 7.69. The van der Waals surface area contributed by atoms with Crippen LogP contribution in [0.3, 0.4) is 0 Å². The van der Waals surface area contributed by atoms with E-state index in [-0.39, 0.29) is 17.9 Å². The molecule has 0 atom stereocenters. The van der Waals surface area contributed by atoms with Crippen LogP contribution >= 0.6 is 15.9 Å². The molecule has 140 valence electrons. The summed E-state index contributed by atoms with van der Waals surface area (Å²) < 4.78 is 53.9. The van der Waals surface area contributed by atoms with Crippen LogP contribution in [0.1, 0.15) is 21.5 Å². The van der Waals surface area contributed by atoms with Gasteiger partial charge in [0.05, 0.1) is 16.6 Å². The van der Waals surface area contributed by atoms with Gasteiger partial charge in [0.1, 0.15) is 5.82 Å². The molecule has 1 amide bonds. The topological polar surface area (TPSA) is 46.9 Å². The Morgan fingerprint density at radius 1 is 1.15 bits per heavy atom. The average Bonchev–Trinajstić information content (AvgIpc) is 2.95. The summed E-state index contributed by atoms with van der Waals surface area (Å²) in [6.07, 6.45) is -3.01. The Labute approximate surface area is 159 Å². The van der Waals surface area contributed by atoms with Gasteiger partial charge >= 0.3 is 6.18 Å². The Bertz CT molecular complexity index is 985. The van der Waals surface area contributed by atoms with Crippen LogP contribution in [0.4, 0.5) is 23.4 Å². The number of anilines is 1. The Morgan fingerprint density at radius 3 is 2.59 bits per heavy atom. The molecule has 1 aromatic heterocycles. The quantitative estimate of drug-likeness (QED) is 0.572. The molecule has 0 saturated heterocycles. The number of alkyl halides is 3. The van der Waals surface area contributed by atoms with E-state index in [1.165, 1.54) is 23.0 Å². The van der Waals surface area contributed by atoms with Crippen LogP contribution in [0.2, 0.25) is 0 Å². The van der Waals surface area contributed by atoms with E-state index >= 15 is 0 Å². The van der Waals surface area contributed by atoms with Crippen molar-refractivity contribution >= 4 is 27.7 Å². The van der Waals surface area contributed by atoms with Crippen molar-refractivity contribution in [1.29, 1.82) is 0 Å². The van der Waals surface area contributed by atoms with Gasteiger partial charge in [-0.3, -0.25) is 9.48 Å². The van der Waals surface area contributed by atoms with Crippen molar-refractivity contribution in [2.24, 2.45) is 0 Å². The summed E-state index contributed by atoms with van der Waals surface area (Å²) in [7, 11) is 0. The molecule has 3 aromatic rings. The molecule has 0 aliphatic rings. The van der Waals surface area contributed by atoms with E-state index in [1.807, 2.05) is 0 Å². The molecular weight excluding hydrogens is 430 g/mol. The number of hydrogen-bond donors (Lipinski definition) is 1. The molecule has 0 radical (unpaired) electrons. The third-order valence-corrected chi connectivity index (χ3v) is 4.27. The summed E-state index contributed by atoms with van der Waals surface area (Å²) in [5.74, 6) is -1.01. The van der Waals surface area contributed by atoms with Gasteiger partial charge in [-0.1, -0.05) is 24.3 Å². The Kier molecular flexibility index (Phi) is 5.31. The number of nitrogens with zero attached hydrogens (tertiary/aromatic N) is 2. The number of carbonyl (C=O) groups is 1. The van der Waals surface area contributed by atoms with Crippen LogP contribution in [0.25, 0.3) is 0 Å². The number of benzene rings is 2. The van der Waals surface area contributed by atoms with Gasteiger partial charge in [0.25, 0.3) is 5.91 Å². The molecular formula is C18H12BrF4N3O. The van der Waals surface area contributed by atoms with E-state index < -0.39 is 23.5 Å². The lowest BCUT2D eigenvalue weighted by Crippen LogP contribution is -2.15. The number of hydrogen-bond acceptors (Lipinski definition) is 2. The predicted octanol–water partition coefficient (Wildman–Crippen LogP) is 5.10. The van der Waals surface area contributed by atoms with Gasteiger partial charge in [-0.05, 0) is 40.2 Å². The molecule has 1 N–H and O–H groups in total. The predicted molar refractivity (Wildman–Crippen MR) is 94.8 cm³/mol. The lowest BCUT2D eigenvalue weighted by molar-refractivity contribution is -0.137. The summed E-state index contributed by atoms with van der Waals surface area (Å²) >= 11 is 3.22. The van der Waals surface area contributed by atoms with Crippen molar-refractivity contribution in [2.45, 2.75) is 12.7 Å². The van der Waals surface area contributed by atoms with Gasteiger partial charge in [0, 0.05) is 17.3 Å².